The number of nitrogens with one attached hydrogen (secondary N) is 2. The van der Waals surface area contributed by atoms with E-state index in [0.29, 0.717) is 11.5 Å². The van der Waals surface area contributed by atoms with Crippen molar-refractivity contribution in [3.63, 3.8) is 0 Å². The largest absolute Gasteiger partial charge is 0.451 e. The molecule has 1 aliphatic rings. The summed E-state index contributed by atoms with van der Waals surface area (Å²) in [6, 6.07) is 1.53. The Hall–Kier alpha value is -2.11. The first-order valence-electron chi connectivity index (χ1n) is 6.63. The molecule has 0 spiro atoms. The van der Waals surface area contributed by atoms with Gasteiger partial charge in [-0.15, -0.1) is 0 Å². The van der Waals surface area contributed by atoms with Crippen LogP contribution in [0.1, 0.15) is 47.5 Å². The van der Waals surface area contributed by atoms with Gasteiger partial charge in [0.25, 0.3) is 5.91 Å². The number of esters is 1. The lowest BCUT2D eigenvalue weighted by Gasteiger charge is -2.12. The minimum absolute atomic E-state index is 0.121. The van der Waals surface area contributed by atoms with Crippen molar-refractivity contribution in [2.75, 3.05) is 6.61 Å². The molecule has 2 N–H and O–H groups in total. The normalized spacial score (nSPS) is 15.5. The molecule has 0 aromatic carbocycles. The van der Waals surface area contributed by atoms with Gasteiger partial charge in [0.2, 0.25) is 0 Å². The van der Waals surface area contributed by atoms with E-state index in [2.05, 4.69) is 10.3 Å². The number of hydrogen-bond acceptors (Lipinski definition) is 4. The highest BCUT2D eigenvalue weighted by molar-refractivity contribution is 5.97. The number of Topliss-reactive ketones (excluding diaryl/α,β-unsaturated/α-hetero) is 1. The van der Waals surface area contributed by atoms with Crippen LogP contribution in [0, 0.1) is 5.92 Å². The van der Waals surface area contributed by atoms with Gasteiger partial charge in [-0.1, -0.05) is 0 Å². The smallest absolute Gasteiger partial charge is 0.355 e. The minimum atomic E-state index is -0.647. The van der Waals surface area contributed by atoms with E-state index in [1.807, 2.05) is 6.92 Å². The summed E-state index contributed by atoms with van der Waals surface area (Å²) in [5, 5.41) is 2.79. The van der Waals surface area contributed by atoms with Crippen molar-refractivity contribution in [1.82, 2.24) is 10.3 Å². The first-order valence-corrected chi connectivity index (χ1v) is 6.63. The molecule has 0 saturated heterocycles. The fraction of sp³-hybridized carbons (Fsp3) is 0.500. The number of carbonyl (C=O) groups excluding carboxylic acids is 3. The van der Waals surface area contributed by atoms with Gasteiger partial charge in [-0.2, -0.15) is 0 Å². The Labute approximate surface area is 116 Å². The molecule has 0 radical (unpaired) electrons. The summed E-state index contributed by atoms with van der Waals surface area (Å²) in [4.78, 5) is 37.0. The third kappa shape index (κ3) is 3.69. The number of carbonyl (C=O) groups is 3. The molecule has 1 fully saturated rings. The number of aromatic nitrogens is 1. The Kier molecular flexibility index (Phi) is 4.22. The molecule has 0 aliphatic heterocycles. The summed E-state index contributed by atoms with van der Waals surface area (Å²) in [6.45, 7) is 3.04. The van der Waals surface area contributed by atoms with Crippen molar-refractivity contribution in [3.05, 3.63) is 23.5 Å². The molecule has 108 valence electrons. The Morgan fingerprint density at radius 2 is 2.15 bits per heavy atom. The summed E-state index contributed by atoms with van der Waals surface area (Å²) in [5.74, 6) is -0.546. The van der Waals surface area contributed by atoms with Crippen molar-refractivity contribution in [1.29, 1.82) is 0 Å². The lowest BCUT2D eigenvalue weighted by Crippen LogP contribution is -2.37. The number of H-pyrrole nitrogens is 1. The molecule has 2 rings (SSSR count). The van der Waals surface area contributed by atoms with Crippen LogP contribution in [0.15, 0.2) is 12.3 Å². The van der Waals surface area contributed by atoms with Gasteiger partial charge in [0, 0.05) is 17.8 Å². The van der Waals surface area contributed by atoms with Crippen LogP contribution in [0.5, 0.6) is 0 Å². The Morgan fingerprint density at radius 3 is 2.70 bits per heavy atom. The van der Waals surface area contributed by atoms with Crippen molar-refractivity contribution >= 4 is 17.7 Å². The first-order chi connectivity index (χ1) is 9.47. The summed E-state index contributed by atoms with van der Waals surface area (Å²) < 4.78 is 4.89. The zero-order valence-electron chi connectivity index (χ0n) is 11.6. The Morgan fingerprint density at radius 1 is 1.45 bits per heavy atom. The number of ketones is 1. The number of rotatable bonds is 6. The summed E-state index contributed by atoms with van der Waals surface area (Å²) >= 11 is 0. The van der Waals surface area contributed by atoms with Crippen LogP contribution in [-0.4, -0.2) is 35.3 Å². The number of hydrogen-bond donors (Lipinski definition) is 2. The summed E-state index contributed by atoms with van der Waals surface area (Å²) in [7, 11) is 0. The lowest BCUT2D eigenvalue weighted by atomic mass is 10.2. The van der Waals surface area contributed by atoms with Crippen molar-refractivity contribution in [2.24, 2.45) is 5.92 Å². The average molecular weight is 278 g/mol. The highest BCUT2D eigenvalue weighted by atomic mass is 16.5. The van der Waals surface area contributed by atoms with Crippen molar-refractivity contribution in [3.8, 4) is 0 Å². The molecular weight excluding hydrogens is 260 g/mol. The molecule has 0 unspecified atom stereocenters. The van der Waals surface area contributed by atoms with E-state index in [4.69, 9.17) is 4.74 Å². The van der Waals surface area contributed by atoms with Gasteiger partial charge in [-0.05, 0) is 38.7 Å². The van der Waals surface area contributed by atoms with E-state index in [0.717, 1.165) is 12.8 Å². The second-order valence-electron chi connectivity index (χ2n) is 5.13. The van der Waals surface area contributed by atoms with Gasteiger partial charge in [0.05, 0.1) is 0 Å². The Bertz CT molecular complexity index is 531. The maximum absolute atomic E-state index is 11.7. The predicted molar refractivity (Wildman–Crippen MR) is 71.4 cm³/mol. The summed E-state index contributed by atoms with van der Waals surface area (Å²) in [5.41, 5.74) is 0.571. The second-order valence-corrected chi connectivity index (χ2v) is 5.13. The SMILES string of the molecule is CC(=O)c1c[nH]c(C(=O)OCC(=O)N[C@H](C)C2CC2)c1. The molecule has 1 heterocycles. The molecule has 6 heteroatoms. The van der Waals surface area contributed by atoms with Crippen LogP contribution in [0.4, 0.5) is 0 Å². The molecule has 1 amide bonds. The molecule has 1 saturated carbocycles. The zero-order chi connectivity index (χ0) is 14.7. The molecule has 1 aromatic heterocycles. The third-order valence-electron chi connectivity index (χ3n) is 3.36. The summed E-state index contributed by atoms with van der Waals surface area (Å²) in [6.07, 6.45) is 3.71. The van der Waals surface area contributed by atoms with Crippen LogP contribution in [-0.2, 0) is 9.53 Å². The van der Waals surface area contributed by atoms with Crippen LogP contribution in [0.2, 0.25) is 0 Å². The first kappa shape index (κ1) is 14.3. The van der Waals surface area contributed by atoms with Gasteiger partial charge in [0.1, 0.15) is 5.69 Å². The van der Waals surface area contributed by atoms with E-state index in [-0.39, 0.29) is 30.0 Å². The quantitative estimate of drug-likeness (QED) is 0.606. The van der Waals surface area contributed by atoms with E-state index in [1.54, 1.807) is 0 Å². The monoisotopic (exact) mass is 278 g/mol. The number of amides is 1. The third-order valence-corrected chi connectivity index (χ3v) is 3.36. The topological polar surface area (TPSA) is 88.3 Å². The van der Waals surface area contributed by atoms with E-state index in [1.165, 1.54) is 19.2 Å². The van der Waals surface area contributed by atoms with Gasteiger partial charge in [0.15, 0.2) is 12.4 Å². The average Bonchev–Trinajstić information content (AvgIpc) is 3.12. The van der Waals surface area contributed by atoms with Gasteiger partial charge >= 0.3 is 5.97 Å². The second kappa shape index (κ2) is 5.90. The fourth-order valence-corrected chi connectivity index (χ4v) is 1.93. The molecule has 0 bridgehead atoms. The van der Waals surface area contributed by atoms with Gasteiger partial charge < -0.3 is 15.0 Å². The van der Waals surface area contributed by atoms with E-state index < -0.39 is 5.97 Å². The minimum Gasteiger partial charge on any atom is -0.451 e. The maximum atomic E-state index is 11.7. The standard InChI is InChI=1S/C14H18N2O4/c1-8(10-3-4-10)16-13(18)7-20-14(19)12-5-11(6-15-12)9(2)17/h5-6,8,10,15H,3-4,7H2,1-2H3,(H,16,18)/t8-/m1/s1. The number of aromatic amines is 1. The molecule has 1 atom stereocenters. The highest BCUT2D eigenvalue weighted by Crippen LogP contribution is 2.32. The highest BCUT2D eigenvalue weighted by Gasteiger charge is 2.29. The van der Waals surface area contributed by atoms with Crippen molar-refractivity contribution in [2.45, 2.75) is 32.7 Å². The predicted octanol–water partition coefficient (Wildman–Crippen LogP) is 1.29. The van der Waals surface area contributed by atoms with Gasteiger partial charge in [-0.25, -0.2) is 4.79 Å². The van der Waals surface area contributed by atoms with Crippen molar-refractivity contribution < 1.29 is 19.1 Å². The van der Waals surface area contributed by atoms with E-state index >= 15 is 0 Å². The number of ether oxygens (including phenoxy) is 1. The zero-order valence-corrected chi connectivity index (χ0v) is 11.6. The molecular formula is C14H18N2O4. The molecule has 6 nitrogen and oxygen atoms in total. The fourth-order valence-electron chi connectivity index (χ4n) is 1.93. The van der Waals surface area contributed by atoms with E-state index in [9.17, 15) is 14.4 Å². The molecule has 20 heavy (non-hydrogen) atoms. The van der Waals surface area contributed by atoms with Gasteiger partial charge in [-0.3, -0.25) is 9.59 Å². The maximum Gasteiger partial charge on any atom is 0.355 e. The van der Waals surface area contributed by atoms with Crippen LogP contribution in [0.25, 0.3) is 0 Å². The molecule has 1 aromatic rings. The Balaban J connectivity index is 1.78. The van der Waals surface area contributed by atoms with Crippen LogP contribution < -0.4 is 5.32 Å². The molecule has 1 aliphatic carbocycles. The van der Waals surface area contributed by atoms with Crippen LogP contribution in [0.3, 0.4) is 0 Å². The van der Waals surface area contributed by atoms with Crippen LogP contribution >= 0.6 is 0 Å². The lowest BCUT2D eigenvalue weighted by molar-refractivity contribution is -0.125.